The minimum atomic E-state index is -0.607. The van der Waals surface area contributed by atoms with Crippen molar-refractivity contribution in [1.29, 1.82) is 0 Å². The highest BCUT2D eigenvalue weighted by atomic mass is 35.5. The van der Waals surface area contributed by atoms with Gasteiger partial charge in [-0.3, -0.25) is 14.7 Å². The predicted molar refractivity (Wildman–Crippen MR) is 133 cm³/mol. The SMILES string of the molecule is O=C(C(c1ccccc1)c1ccccc1)N1CCN(CC(O)COCc2ccncc2Cl)CC1. The normalized spacial score (nSPS) is 15.4. The number of rotatable bonds is 9. The first-order valence-electron chi connectivity index (χ1n) is 11.6. The number of amides is 1. The van der Waals surface area contributed by atoms with Crippen molar-refractivity contribution in [1.82, 2.24) is 14.8 Å². The van der Waals surface area contributed by atoms with Gasteiger partial charge in [0, 0.05) is 45.1 Å². The Morgan fingerprint density at radius 1 is 0.971 bits per heavy atom. The summed E-state index contributed by atoms with van der Waals surface area (Å²) in [5.74, 6) is -0.192. The minimum Gasteiger partial charge on any atom is -0.389 e. The molecule has 1 aromatic heterocycles. The molecule has 4 rings (SSSR count). The summed E-state index contributed by atoms with van der Waals surface area (Å²) in [6.07, 6.45) is 2.64. The number of benzene rings is 2. The molecule has 2 heterocycles. The van der Waals surface area contributed by atoms with Crippen LogP contribution in [0, 0.1) is 0 Å². The lowest BCUT2D eigenvalue weighted by Crippen LogP contribution is -2.51. The average molecular weight is 480 g/mol. The van der Waals surface area contributed by atoms with Crippen LogP contribution in [0.2, 0.25) is 5.02 Å². The number of nitrogens with zero attached hydrogens (tertiary/aromatic N) is 3. The lowest BCUT2D eigenvalue weighted by atomic mass is 9.90. The third-order valence-electron chi connectivity index (χ3n) is 6.09. The van der Waals surface area contributed by atoms with E-state index in [2.05, 4.69) is 9.88 Å². The summed E-state index contributed by atoms with van der Waals surface area (Å²) in [5.41, 5.74) is 2.85. The van der Waals surface area contributed by atoms with Gasteiger partial charge in [-0.1, -0.05) is 72.3 Å². The van der Waals surface area contributed by atoms with Gasteiger partial charge < -0.3 is 14.7 Å². The van der Waals surface area contributed by atoms with Crippen LogP contribution < -0.4 is 0 Å². The van der Waals surface area contributed by atoms with Gasteiger partial charge in [0.1, 0.15) is 0 Å². The molecule has 1 fully saturated rings. The number of halogens is 1. The maximum absolute atomic E-state index is 13.6. The van der Waals surface area contributed by atoms with E-state index >= 15 is 0 Å². The lowest BCUT2D eigenvalue weighted by molar-refractivity contribution is -0.133. The van der Waals surface area contributed by atoms with E-state index in [0.717, 1.165) is 29.8 Å². The molecule has 178 valence electrons. The van der Waals surface area contributed by atoms with Crippen LogP contribution in [-0.2, 0) is 16.1 Å². The second-order valence-corrected chi connectivity index (χ2v) is 8.92. The monoisotopic (exact) mass is 479 g/mol. The van der Waals surface area contributed by atoms with E-state index in [1.807, 2.05) is 71.6 Å². The molecule has 7 heteroatoms. The number of pyridine rings is 1. The van der Waals surface area contributed by atoms with E-state index < -0.39 is 6.10 Å². The van der Waals surface area contributed by atoms with Crippen molar-refractivity contribution in [3.8, 4) is 0 Å². The second-order valence-electron chi connectivity index (χ2n) is 8.52. The number of aliphatic hydroxyl groups is 1. The number of hydrogen-bond acceptors (Lipinski definition) is 5. The zero-order chi connectivity index (χ0) is 23.8. The highest BCUT2D eigenvalue weighted by molar-refractivity contribution is 6.31. The van der Waals surface area contributed by atoms with E-state index in [4.69, 9.17) is 16.3 Å². The maximum Gasteiger partial charge on any atom is 0.234 e. The van der Waals surface area contributed by atoms with Gasteiger partial charge in [0.15, 0.2) is 0 Å². The molecular formula is C27H30ClN3O3. The van der Waals surface area contributed by atoms with Gasteiger partial charge in [-0.2, -0.15) is 0 Å². The quantitative estimate of drug-likeness (QED) is 0.508. The van der Waals surface area contributed by atoms with E-state index in [9.17, 15) is 9.90 Å². The summed E-state index contributed by atoms with van der Waals surface area (Å²) >= 11 is 6.09. The van der Waals surface area contributed by atoms with E-state index in [0.29, 0.717) is 31.3 Å². The summed E-state index contributed by atoms with van der Waals surface area (Å²) in [6, 6.07) is 21.7. The fraction of sp³-hybridized carbons (Fsp3) is 0.333. The van der Waals surface area contributed by atoms with Crippen LogP contribution in [0.15, 0.2) is 79.1 Å². The minimum absolute atomic E-state index is 0.121. The molecule has 0 aliphatic carbocycles. The lowest BCUT2D eigenvalue weighted by Gasteiger charge is -2.37. The zero-order valence-electron chi connectivity index (χ0n) is 19.1. The number of β-amino-alcohol motifs (C(OH)–C–C–N with tert-alkyl or cyclic N) is 1. The molecule has 3 aromatic rings. The summed E-state index contributed by atoms with van der Waals surface area (Å²) < 4.78 is 5.64. The summed E-state index contributed by atoms with van der Waals surface area (Å²) in [4.78, 5) is 21.6. The molecule has 34 heavy (non-hydrogen) atoms. The van der Waals surface area contributed by atoms with Crippen molar-refractivity contribution >= 4 is 17.5 Å². The number of carbonyl (C=O) groups is 1. The number of hydrogen-bond donors (Lipinski definition) is 1. The Bertz CT molecular complexity index is 1000. The first kappa shape index (κ1) is 24.4. The smallest absolute Gasteiger partial charge is 0.234 e. The van der Waals surface area contributed by atoms with Crippen LogP contribution in [0.5, 0.6) is 0 Å². The largest absolute Gasteiger partial charge is 0.389 e. The van der Waals surface area contributed by atoms with Crippen LogP contribution in [0.4, 0.5) is 0 Å². The first-order valence-corrected chi connectivity index (χ1v) is 11.9. The molecular weight excluding hydrogens is 450 g/mol. The number of piperazine rings is 1. The van der Waals surface area contributed by atoms with Crippen LogP contribution in [-0.4, -0.2) is 71.2 Å². The Hall–Kier alpha value is -2.77. The van der Waals surface area contributed by atoms with E-state index in [-0.39, 0.29) is 18.4 Å². The summed E-state index contributed by atoms with van der Waals surface area (Å²) in [7, 11) is 0. The van der Waals surface area contributed by atoms with Gasteiger partial charge in [0.25, 0.3) is 0 Å². The van der Waals surface area contributed by atoms with Crippen molar-refractivity contribution in [2.45, 2.75) is 18.6 Å². The standard InChI is InChI=1S/C27H30ClN3O3/c28-25-17-29-12-11-23(25)19-34-20-24(32)18-30-13-15-31(16-14-30)27(33)26(21-7-3-1-4-8-21)22-9-5-2-6-10-22/h1-12,17,24,26,32H,13-16,18-20H2. The summed E-state index contributed by atoms with van der Waals surface area (Å²) in [5, 5.41) is 11.0. The highest BCUT2D eigenvalue weighted by Crippen LogP contribution is 2.27. The van der Waals surface area contributed by atoms with Crippen LogP contribution >= 0.6 is 11.6 Å². The Morgan fingerprint density at radius 3 is 2.18 bits per heavy atom. The van der Waals surface area contributed by atoms with E-state index in [1.165, 1.54) is 0 Å². The van der Waals surface area contributed by atoms with Gasteiger partial charge in [-0.15, -0.1) is 0 Å². The first-order chi connectivity index (χ1) is 16.6. The number of carbonyl (C=O) groups excluding carboxylic acids is 1. The van der Waals surface area contributed by atoms with Crippen molar-refractivity contribution in [2.24, 2.45) is 0 Å². The van der Waals surface area contributed by atoms with Gasteiger partial charge in [-0.25, -0.2) is 0 Å². The van der Waals surface area contributed by atoms with Gasteiger partial charge in [0.05, 0.1) is 30.3 Å². The van der Waals surface area contributed by atoms with Gasteiger partial charge >= 0.3 is 0 Å². The molecule has 1 aliphatic heterocycles. The Balaban J connectivity index is 1.28. The molecule has 0 bridgehead atoms. The highest BCUT2D eigenvalue weighted by Gasteiger charge is 2.30. The third-order valence-corrected chi connectivity index (χ3v) is 6.43. The zero-order valence-corrected chi connectivity index (χ0v) is 19.8. The molecule has 1 aliphatic rings. The molecule has 0 saturated carbocycles. The van der Waals surface area contributed by atoms with Gasteiger partial charge in [0.2, 0.25) is 5.91 Å². The number of ether oxygens (including phenoxy) is 1. The van der Waals surface area contributed by atoms with Crippen molar-refractivity contribution in [2.75, 3.05) is 39.3 Å². The number of aromatic nitrogens is 1. The predicted octanol–water partition coefficient (Wildman–Crippen LogP) is 3.59. The second kappa shape index (κ2) is 12.1. The van der Waals surface area contributed by atoms with Crippen LogP contribution in [0.3, 0.4) is 0 Å². The molecule has 6 nitrogen and oxygen atoms in total. The van der Waals surface area contributed by atoms with Crippen LogP contribution in [0.25, 0.3) is 0 Å². The molecule has 1 saturated heterocycles. The average Bonchev–Trinajstić information content (AvgIpc) is 2.87. The molecule has 1 unspecified atom stereocenters. The maximum atomic E-state index is 13.6. The van der Waals surface area contributed by atoms with Crippen molar-refractivity contribution in [3.63, 3.8) is 0 Å². The van der Waals surface area contributed by atoms with E-state index in [1.54, 1.807) is 12.4 Å². The van der Waals surface area contributed by atoms with Gasteiger partial charge in [-0.05, 0) is 22.8 Å². The molecule has 0 spiro atoms. The third kappa shape index (κ3) is 6.42. The number of aliphatic hydroxyl groups excluding tert-OH is 1. The van der Waals surface area contributed by atoms with Crippen molar-refractivity contribution in [3.05, 3.63) is 101 Å². The molecule has 0 radical (unpaired) electrons. The van der Waals surface area contributed by atoms with Crippen LogP contribution in [0.1, 0.15) is 22.6 Å². The fourth-order valence-corrected chi connectivity index (χ4v) is 4.45. The molecule has 1 amide bonds. The summed E-state index contributed by atoms with van der Waals surface area (Å²) in [6.45, 7) is 3.77. The van der Waals surface area contributed by atoms with Crippen molar-refractivity contribution < 1.29 is 14.6 Å². The Kier molecular flexibility index (Phi) is 8.66. The molecule has 1 N–H and O–H groups in total. The Labute approximate surface area is 205 Å². The fourth-order valence-electron chi connectivity index (χ4n) is 4.28. The molecule has 2 aromatic carbocycles. The Morgan fingerprint density at radius 2 is 1.59 bits per heavy atom. The molecule has 1 atom stereocenters. The topological polar surface area (TPSA) is 65.9 Å².